The van der Waals surface area contributed by atoms with Crippen LogP contribution in [0.3, 0.4) is 0 Å². The number of aromatic carboxylic acids is 1. The molecule has 8 nitrogen and oxygen atoms in total. The van der Waals surface area contributed by atoms with Crippen LogP contribution in [0.15, 0.2) is 77.8 Å². The van der Waals surface area contributed by atoms with Crippen molar-refractivity contribution in [1.82, 2.24) is 4.98 Å². The topological polar surface area (TPSA) is 122 Å². The number of nitriles is 1. The van der Waals surface area contributed by atoms with E-state index in [-0.39, 0.29) is 22.1 Å². The van der Waals surface area contributed by atoms with Crippen molar-refractivity contribution in [2.24, 2.45) is 0 Å². The second-order valence-corrected chi connectivity index (χ2v) is 10.4. The monoisotopic (exact) mass is 587 g/mol. The molecule has 0 fully saturated rings. The summed E-state index contributed by atoms with van der Waals surface area (Å²) in [5, 5.41) is 22.3. The van der Waals surface area contributed by atoms with Crippen molar-refractivity contribution in [3.05, 3.63) is 88.9 Å². The Bertz CT molecular complexity index is 1640. The van der Waals surface area contributed by atoms with E-state index in [0.29, 0.717) is 45.5 Å². The highest BCUT2D eigenvalue weighted by atomic mass is 35.5. The number of carbonyl (C=O) groups excluding carboxylic acids is 1. The van der Waals surface area contributed by atoms with Gasteiger partial charge in [-0.05, 0) is 36.8 Å². The lowest BCUT2D eigenvalue weighted by molar-refractivity contribution is -0.115. The molecule has 0 bridgehead atoms. The minimum Gasteiger partial charge on any atom is -0.493 e. The van der Waals surface area contributed by atoms with Crippen LogP contribution in [0.5, 0.6) is 11.5 Å². The van der Waals surface area contributed by atoms with Crippen molar-refractivity contribution >= 4 is 40.9 Å². The van der Waals surface area contributed by atoms with Crippen molar-refractivity contribution < 1.29 is 24.2 Å². The van der Waals surface area contributed by atoms with Crippen LogP contribution in [0.2, 0.25) is 5.02 Å². The molecule has 0 aliphatic carbocycles. The molecule has 0 spiro atoms. The third kappa shape index (κ3) is 6.46. The van der Waals surface area contributed by atoms with Crippen molar-refractivity contribution in [2.45, 2.75) is 23.6 Å². The lowest BCUT2D eigenvalue weighted by atomic mass is 9.98. The molecule has 1 heterocycles. The number of hydrogen-bond donors (Lipinski definition) is 2. The van der Waals surface area contributed by atoms with Crippen molar-refractivity contribution in [1.29, 1.82) is 5.26 Å². The molecule has 0 aliphatic rings. The van der Waals surface area contributed by atoms with Gasteiger partial charge in [0.1, 0.15) is 11.1 Å². The number of thioether (sulfide) groups is 1. The molecular formula is C31H26ClN3O5S. The standard InChI is InChI=1S/C31H26ClN3O5S/c1-4-27(29(36)34-19-13-14-24(32)22(15-19)31(37)38)41-30-23(17-33)21(16-25(35-30)18-9-6-5-7-10-18)20-11-8-12-26(39-2)28(20)40-3/h5-16,27H,4H2,1-3H3,(H,34,36)(H,37,38). The van der Waals surface area contributed by atoms with E-state index in [0.717, 1.165) is 17.3 Å². The number of methoxy groups -OCH3 is 2. The molecule has 3 aromatic carbocycles. The highest BCUT2D eigenvalue weighted by Crippen LogP contribution is 2.43. The Morgan fingerprint density at radius 1 is 1.05 bits per heavy atom. The number of ether oxygens (including phenoxy) is 2. The van der Waals surface area contributed by atoms with Crippen LogP contribution in [0.25, 0.3) is 22.4 Å². The number of amides is 1. The normalized spacial score (nSPS) is 11.3. The summed E-state index contributed by atoms with van der Waals surface area (Å²) in [5.41, 5.74) is 3.14. The van der Waals surface area contributed by atoms with Crippen LogP contribution in [-0.2, 0) is 4.79 Å². The second kappa shape index (κ2) is 13.2. The van der Waals surface area contributed by atoms with Gasteiger partial charge in [-0.1, -0.05) is 72.8 Å². The number of anilines is 1. The van der Waals surface area contributed by atoms with E-state index < -0.39 is 11.2 Å². The first-order valence-electron chi connectivity index (χ1n) is 12.5. The van der Waals surface area contributed by atoms with E-state index in [1.165, 1.54) is 25.3 Å². The molecule has 41 heavy (non-hydrogen) atoms. The number of carbonyl (C=O) groups is 2. The molecule has 10 heteroatoms. The van der Waals surface area contributed by atoms with Gasteiger partial charge < -0.3 is 19.9 Å². The van der Waals surface area contributed by atoms with Gasteiger partial charge >= 0.3 is 5.97 Å². The summed E-state index contributed by atoms with van der Waals surface area (Å²) in [6.07, 6.45) is 0.413. The Balaban J connectivity index is 1.80. The van der Waals surface area contributed by atoms with Crippen LogP contribution >= 0.6 is 23.4 Å². The number of nitrogens with one attached hydrogen (secondary N) is 1. The minimum atomic E-state index is -1.20. The van der Waals surface area contributed by atoms with Crippen LogP contribution < -0.4 is 14.8 Å². The zero-order chi connectivity index (χ0) is 29.5. The quantitative estimate of drug-likeness (QED) is 0.187. The second-order valence-electron chi connectivity index (χ2n) is 8.76. The summed E-state index contributed by atoms with van der Waals surface area (Å²) in [7, 11) is 3.08. The van der Waals surface area contributed by atoms with Crippen molar-refractivity contribution in [2.75, 3.05) is 19.5 Å². The molecule has 2 N–H and O–H groups in total. The third-order valence-corrected chi connectivity index (χ3v) is 7.92. The highest BCUT2D eigenvalue weighted by molar-refractivity contribution is 8.00. The van der Waals surface area contributed by atoms with Crippen molar-refractivity contribution in [3.8, 4) is 40.0 Å². The van der Waals surface area contributed by atoms with E-state index in [9.17, 15) is 20.0 Å². The number of carboxylic acids is 1. The van der Waals surface area contributed by atoms with Gasteiger partial charge in [0.2, 0.25) is 5.91 Å². The Hall–Kier alpha value is -4.52. The maximum Gasteiger partial charge on any atom is 0.337 e. The van der Waals surface area contributed by atoms with Crippen LogP contribution in [-0.4, -0.2) is 41.4 Å². The number of pyridine rings is 1. The molecular weight excluding hydrogens is 562 g/mol. The highest BCUT2D eigenvalue weighted by Gasteiger charge is 2.25. The van der Waals surface area contributed by atoms with E-state index >= 15 is 0 Å². The van der Waals surface area contributed by atoms with Crippen LogP contribution in [0, 0.1) is 11.3 Å². The number of para-hydroxylation sites is 1. The van der Waals surface area contributed by atoms with E-state index in [1.54, 1.807) is 13.2 Å². The minimum absolute atomic E-state index is 0.0676. The third-order valence-electron chi connectivity index (χ3n) is 6.24. The lowest BCUT2D eigenvalue weighted by Crippen LogP contribution is -2.25. The molecule has 208 valence electrons. The average Bonchev–Trinajstić information content (AvgIpc) is 2.99. The predicted molar refractivity (Wildman–Crippen MR) is 160 cm³/mol. The fourth-order valence-electron chi connectivity index (χ4n) is 4.23. The van der Waals surface area contributed by atoms with Gasteiger partial charge in [-0.3, -0.25) is 4.79 Å². The molecule has 4 aromatic rings. The first-order chi connectivity index (χ1) is 19.8. The van der Waals surface area contributed by atoms with Gasteiger partial charge in [0, 0.05) is 22.4 Å². The van der Waals surface area contributed by atoms with Crippen LogP contribution in [0.4, 0.5) is 5.69 Å². The maximum atomic E-state index is 13.3. The zero-order valence-electron chi connectivity index (χ0n) is 22.5. The average molecular weight is 588 g/mol. The number of rotatable bonds is 10. The lowest BCUT2D eigenvalue weighted by Gasteiger charge is -2.19. The molecule has 0 saturated carbocycles. The summed E-state index contributed by atoms with van der Waals surface area (Å²) in [4.78, 5) is 29.7. The zero-order valence-corrected chi connectivity index (χ0v) is 24.0. The maximum absolute atomic E-state index is 13.3. The van der Waals surface area contributed by atoms with Gasteiger partial charge in [-0.2, -0.15) is 5.26 Å². The largest absolute Gasteiger partial charge is 0.493 e. The van der Waals surface area contributed by atoms with Gasteiger partial charge in [0.05, 0.1) is 41.3 Å². The van der Waals surface area contributed by atoms with Gasteiger partial charge in [0.25, 0.3) is 0 Å². The molecule has 1 aromatic heterocycles. The molecule has 0 aliphatic heterocycles. The molecule has 0 radical (unpaired) electrons. The summed E-state index contributed by atoms with van der Waals surface area (Å²) in [6.45, 7) is 1.85. The summed E-state index contributed by atoms with van der Waals surface area (Å²) < 4.78 is 11.2. The number of benzene rings is 3. The molecule has 1 unspecified atom stereocenters. The van der Waals surface area contributed by atoms with Gasteiger partial charge in [-0.15, -0.1) is 0 Å². The Labute approximate surface area is 246 Å². The Morgan fingerprint density at radius 3 is 2.44 bits per heavy atom. The summed E-state index contributed by atoms with van der Waals surface area (Å²) >= 11 is 7.14. The molecule has 1 atom stereocenters. The summed E-state index contributed by atoms with van der Waals surface area (Å²) in [6, 6.07) is 23.3. The van der Waals surface area contributed by atoms with Gasteiger partial charge in [-0.25, -0.2) is 9.78 Å². The summed E-state index contributed by atoms with van der Waals surface area (Å²) in [5.74, 6) is -0.592. The fraction of sp³-hybridized carbons (Fsp3) is 0.161. The van der Waals surface area contributed by atoms with E-state index in [1.807, 2.05) is 55.5 Å². The van der Waals surface area contributed by atoms with E-state index in [2.05, 4.69) is 11.4 Å². The number of hydrogen-bond acceptors (Lipinski definition) is 7. The Morgan fingerprint density at radius 2 is 1.80 bits per heavy atom. The molecule has 1 amide bonds. The predicted octanol–water partition coefficient (Wildman–Crippen LogP) is 7.17. The van der Waals surface area contributed by atoms with Crippen LogP contribution in [0.1, 0.15) is 29.3 Å². The first kappa shape index (κ1) is 29.5. The fourth-order valence-corrected chi connectivity index (χ4v) is 5.46. The Kier molecular flexibility index (Phi) is 9.50. The number of halogens is 1. The van der Waals surface area contributed by atoms with E-state index in [4.69, 9.17) is 26.1 Å². The smallest absolute Gasteiger partial charge is 0.337 e. The molecule has 4 rings (SSSR count). The SMILES string of the molecule is CCC(Sc1nc(-c2ccccc2)cc(-c2cccc(OC)c2OC)c1C#N)C(=O)Nc1ccc(Cl)c(C(=O)O)c1. The number of nitrogens with zero attached hydrogens (tertiary/aromatic N) is 2. The molecule has 0 saturated heterocycles. The van der Waals surface area contributed by atoms with Gasteiger partial charge in [0.15, 0.2) is 11.5 Å². The first-order valence-corrected chi connectivity index (χ1v) is 13.8. The van der Waals surface area contributed by atoms with Crippen molar-refractivity contribution in [3.63, 3.8) is 0 Å². The number of carboxylic acid groups (broad SMARTS) is 1. The number of aromatic nitrogens is 1.